The summed E-state index contributed by atoms with van der Waals surface area (Å²) in [5.74, 6) is 0.167. The van der Waals surface area contributed by atoms with Crippen molar-refractivity contribution < 1.29 is 13.9 Å². The van der Waals surface area contributed by atoms with Gasteiger partial charge in [-0.05, 0) is 31.9 Å². The standard InChI is InChI=1S/C21H20FN5O2/c1-14-9-25-19(11-24-14)21(28)27-7-3-4-15(13-27)18-10-23-12-20(26-18)29-17-6-2-5-16(22)8-17/h2,5-6,8-12,15H,3-4,7,13H2,1H3. The van der Waals surface area contributed by atoms with E-state index in [2.05, 4.69) is 19.9 Å². The maximum Gasteiger partial charge on any atom is 0.274 e. The number of halogens is 1. The topological polar surface area (TPSA) is 81.1 Å². The van der Waals surface area contributed by atoms with Crippen molar-refractivity contribution in [2.75, 3.05) is 13.1 Å². The largest absolute Gasteiger partial charge is 0.437 e. The number of piperidine rings is 1. The van der Waals surface area contributed by atoms with Gasteiger partial charge in [0.1, 0.15) is 17.3 Å². The van der Waals surface area contributed by atoms with Crippen LogP contribution >= 0.6 is 0 Å². The molecular weight excluding hydrogens is 373 g/mol. The summed E-state index contributed by atoms with van der Waals surface area (Å²) in [7, 11) is 0. The number of carbonyl (C=O) groups excluding carboxylic acids is 1. The van der Waals surface area contributed by atoms with Crippen molar-refractivity contribution in [2.24, 2.45) is 0 Å². The zero-order valence-corrected chi connectivity index (χ0v) is 16.0. The third-order valence-electron chi connectivity index (χ3n) is 4.78. The summed E-state index contributed by atoms with van der Waals surface area (Å²) in [6, 6.07) is 5.86. The first-order chi connectivity index (χ1) is 14.1. The SMILES string of the molecule is Cc1cnc(C(=O)N2CCCC(c3cncc(Oc4cccc(F)c4)n3)C2)cn1. The molecule has 0 radical (unpaired) electrons. The molecule has 1 aromatic carbocycles. The van der Waals surface area contributed by atoms with Gasteiger partial charge < -0.3 is 9.64 Å². The Morgan fingerprint density at radius 3 is 2.90 bits per heavy atom. The van der Waals surface area contributed by atoms with E-state index in [1.807, 2.05) is 6.92 Å². The predicted molar refractivity (Wildman–Crippen MR) is 103 cm³/mol. The molecule has 3 aromatic rings. The molecule has 1 atom stereocenters. The van der Waals surface area contributed by atoms with Gasteiger partial charge in [-0.1, -0.05) is 6.07 Å². The molecule has 1 amide bonds. The molecule has 2 aromatic heterocycles. The maximum absolute atomic E-state index is 13.4. The molecule has 1 aliphatic heterocycles. The molecule has 0 N–H and O–H groups in total. The number of hydrogen-bond donors (Lipinski definition) is 0. The molecule has 4 rings (SSSR count). The molecular formula is C21H20FN5O2. The summed E-state index contributed by atoms with van der Waals surface area (Å²) in [5, 5.41) is 0. The number of aromatic nitrogens is 4. The van der Waals surface area contributed by atoms with Crippen molar-refractivity contribution >= 4 is 5.91 Å². The number of amides is 1. The monoisotopic (exact) mass is 393 g/mol. The van der Waals surface area contributed by atoms with Crippen LogP contribution in [0.2, 0.25) is 0 Å². The Bertz CT molecular complexity index is 1010. The minimum Gasteiger partial charge on any atom is -0.437 e. The molecule has 29 heavy (non-hydrogen) atoms. The highest BCUT2D eigenvalue weighted by Gasteiger charge is 2.27. The second kappa shape index (κ2) is 8.30. The number of carbonyl (C=O) groups is 1. The second-order valence-electron chi connectivity index (χ2n) is 6.97. The Labute approximate surface area is 167 Å². The fourth-order valence-corrected chi connectivity index (χ4v) is 3.33. The van der Waals surface area contributed by atoms with Gasteiger partial charge in [0.15, 0.2) is 0 Å². The Kier molecular flexibility index (Phi) is 5.41. The number of likely N-dealkylation sites (tertiary alicyclic amines) is 1. The fourth-order valence-electron chi connectivity index (χ4n) is 3.33. The fraction of sp³-hybridized carbons (Fsp3) is 0.286. The highest BCUT2D eigenvalue weighted by molar-refractivity contribution is 5.92. The van der Waals surface area contributed by atoms with Crippen LogP contribution in [-0.2, 0) is 0 Å². The van der Waals surface area contributed by atoms with E-state index in [4.69, 9.17) is 4.74 Å². The zero-order chi connectivity index (χ0) is 20.2. The first-order valence-corrected chi connectivity index (χ1v) is 9.42. The van der Waals surface area contributed by atoms with Crippen molar-refractivity contribution in [2.45, 2.75) is 25.7 Å². The Balaban J connectivity index is 1.48. The summed E-state index contributed by atoms with van der Waals surface area (Å²) < 4.78 is 19.0. The smallest absolute Gasteiger partial charge is 0.274 e. The molecule has 1 fully saturated rings. The summed E-state index contributed by atoms with van der Waals surface area (Å²) in [6.07, 6.45) is 8.01. The van der Waals surface area contributed by atoms with Gasteiger partial charge in [-0.2, -0.15) is 0 Å². The van der Waals surface area contributed by atoms with Crippen LogP contribution in [0.1, 0.15) is 40.6 Å². The van der Waals surface area contributed by atoms with Crippen molar-refractivity contribution in [3.8, 4) is 11.6 Å². The van der Waals surface area contributed by atoms with Gasteiger partial charge in [0.25, 0.3) is 5.91 Å². The van der Waals surface area contributed by atoms with Gasteiger partial charge in [-0.25, -0.2) is 14.4 Å². The van der Waals surface area contributed by atoms with Gasteiger partial charge in [0.05, 0.1) is 23.8 Å². The molecule has 0 spiro atoms. The molecule has 1 aliphatic rings. The minimum absolute atomic E-state index is 0.0367. The Hall–Kier alpha value is -3.42. The minimum atomic E-state index is -0.382. The number of ether oxygens (including phenoxy) is 1. The molecule has 0 bridgehead atoms. The molecule has 1 unspecified atom stereocenters. The van der Waals surface area contributed by atoms with E-state index in [0.717, 1.165) is 24.2 Å². The quantitative estimate of drug-likeness (QED) is 0.675. The summed E-state index contributed by atoms with van der Waals surface area (Å²) in [4.78, 5) is 31.6. The summed E-state index contributed by atoms with van der Waals surface area (Å²) in [6.45, 7) is 3.01. The summed E-state index contributed by atoms with van der Waals surface area (Å²) in [5.41, 5.74) is 1.85. The highest BCUT2D eigenvalue weighted by Crippen LogP contribution is 2.28. The molecule has 0 saturated carbocycles. The van der Waals surface area contributed by atoms with Gasteiger partial charge in [-0.3, -0.25) is 14.8 Å². The predicted octanol–water partition coefficient (Wildman–Crippen LogP) is 3.53. The Morgan fingerprint density at radius 1 is 1.21 bits per heavy atom. The van der Waals surface area contributed by atoms with E-state index in [1.165, 1.54) is 24.5 Å². The lowest BCUT2D eigenvalue weighted by Crippen LogP contribution is -2.39. The number of benzene rings is 1. The normalized spacial score (nSPS) is 16.5. The number of nitrogens with zero attached hydrogens (tertiary/aromatic N) is 5. The van der Waals surface area contributed by atoms with Crippen molar-refractivity contribution in [1.29, 1.82) is 0 Å². The van der Waals surface area contributed by atoms with E-state index in [9.17, 15) is 9.18 Å². The van der Waals surface area contributed by atoms with Crippen molar-refractivity contribution in [1.82, 2.24) is 24.8 Å². The summed E-state index contributed by atoms with van der Waals surface area (Å²) >= 11 is 0. The average Bonchev–Trinajstić information content (AvgIpc) is 2.74. The van der Waals surface area contributed by atoms with Gasteiger partial charge in [-0.15, -0.1) is 0 Å². The van der Waals surface area contributed by atoms with Crippen LogP contribution in [-0.4, -0.2) is 43.8 Å². The van der Waals surface area contributed by atoms with Crippen molar-refractivity contribution in [3.05, 3.63) is 72.0 Å². The number of aryl methyl sites for hydroxylation is 1. The van der Waals surface area contributed by atoms with Gasteiger partial charge >= 0.3 is 0 Å². The van der Waals surface area contributed by atoms with E-state index in [0.29, 0.717) is 30.4 Å². The zero-order valence-electron chi connectivity index (χ0n) is 16.0. The average molecular weight is 393 g/mol. The van der Waals surface area contributed by atoms with Crippen molar-refractivity contribution in [3.63, 3.8) is 0 Å². The Morgan fingerprint density at radius 2 is 2.10 bits per heavy atom. The van der Waals surface area contributed by atoms with Gasteiger partial charge in [0.2, 0.25) is 5.88 Å². The van der Waals surface area contributed by atoms with Crippen LogP contribution in [0.15, 0.2) is 49.1 Å². The number of rotatable bonds is 4. The third kappa shape index (κ3) is 4.53. The first-order valence-electron chi connectivity index (χ1n) is 9.42. The molecule has 8 heteroatoms. The van der Waals surface area contributed by atoms with Gasteiger partial charge in [0, 0.05) is 37.5 Å². The first kappa shape index (κ1) is 18.9. The van der Waals surface area contributed by atoms with Crippen LogP contribution in [0.5, 0.6) is 11.6 Å². The number of hydrogen-bond acceptors (Lipinski definition) is 6. The third-order valence-corrected chi connectivity index (χ3v) is 4.78. The molecule has 7 nitrogen and oxygen atoms in total. The van der Waals surface area contributed by atoms with E-state index >= 15 is 0 Å². The maximum atomic E-state index is 13.4. The molecule has 148 valence electrons. The lowest BCUT2D eigenvalue weighted by molar-refractivity contribution is 0.0699. The molecule has 3 heterocycles. The van der Waals surface area contributed by atoms with E-state index < -0.39 is 0 Å². The van der Waals surface area contributed by atoms with Crippen LogP contribution < -0.4 is 4.74 Å². The van der Waals surface area contributed by atoms with E-state index in [-0.39, 0.29) is 17.6 Å². The van der Waals surface area contributed by atoms with Crippen LogP contribution in [0, 0.1) is 12.7 Å². The van der Waals surface area contributed by atoms with Crippen LogP contribution in [0.4, 0.5) is 4.39 Å². The lowest BCUT2D eigenvalue weighted by atomic mass is 9.95. The lowest BCUT2D eigenvalue weighted by Gasteiger charge is -2.32. The molecule has 0 aliphatic carbocycles. The highest BCUT2D eigenvalue weighted by atomic mass is 19.1. The molecule has 1 saturated heterocycles. The van der Waals surface area contributed by atoms with Crippen LogP contribution in [0.25, 0.3) is 0 Å². The second-order valence-corrected chi connectivity index (χ2v) is 6.97. The van der Waals surface area contributed by atoms with E-state index in [1.54, 1.807) is 29.4 Å². The van der Waals surface area contributed by atoms with Crippen LogP contribution in [0.3, 0.4) is 0 Å².